The Kier molecular flexibility index (Phi) is 5.18. The third-order valence-electron chi connectivity index (χ3n) is 5.28. The number of nitrogens with zero attached hydrogens (tertiary/aromatic N) is 1. The number of carbonyl (C=O) groups excluding carboxylic acids is 1. The summed E-state index contributed by atoms with van der Waals surface area (Å²) in [6, 6.07) is 15.0. The minimum absolute atomic E-state index is 0.161. The molecule has 2 aliphatic rings. The Morgan fingerprint density at radius 3 is 2.52 bits per heavy atom. The molecule has 0 saturated heterocycles. The largest absolute Gasteiger partial charge is 0.478 e. The molecule has 7 heteroatoms. The molecule has 0 radical (unpaired) electrons. The average molecular weight is 456 g/mol. The number of Topliss-reactive ketones (excluding diaryl/α,β-unsaturated/α-hetero) is 1. The lowest BCUT2D eigenvalue weighted by Gasteiger charge is -2.29. The molecule has 0 N–H and O–H groups in total. The van der Waals surface area contributed by atoms with Crippen LogP contribution in [0.4, 0.5) is 4.39 Å². The first-order chi connectivity index (χ1) is 15.0. The number of rotatable bonds is 3. The predicted molar refractivity (Wildman–Crippen MR) is 117 cm³/mol. The second kappa shape index (κ2) is 8.00. The zero-order valence-corrected chi connectivity index (χ0v) is 17.7. The smallest absolute Gasteiger partial charge is 0.231 e. The number of hydrogen-bond donors (Lipinski definition) is 0. The highest BCUT2D eigenvalue weighted by Gasteiger charge is 2.33. The number of allylic oxidation sites excluding steroid dienone is 1. The molecule has 31 heavy (non-hydrogen) atoms. The van der Waals surface area contributed by atoms with Crippen LogP contribution in [0.1, 0.15) is 27.0 Å². The van der Waals surface area contributed by atoms with Gasteiger partial charge in [0.15, 0.2) is 5.76 Å². The number of halogens is 3. The average Bonchev–Trinajstić information content (AvgIpc) is 3.08. The maximum atomic E-state index is 13.2. The molecular formula is C24H16Cl2FNO3. The van der Waals surface area contributed by atoms with Crippen molar-refractivity contribution >= 4 is 35.1 Å². The molecule has 3 aromatic rings. The van der Waals surface area contributed by atoms with Crippen molar-refractivity contribution < 1.29 is 18.7 Å². The second-order valence-corrected chi connectivity index (χ2v) is 8.20. The van der Waals surface area contributed by atoms with E-state index in [0.717, 1.165) is 11.1 Å². The Bertz CT molecular complexity index is 1200. The monoisotopic (exact) mass is 455 g/mol. The lowest BCUT2D eigenvalue weighted by molar-refractivity contribution is 0.0872. The van der Waals surface area contributed by atoms with Crippen molar-refractivity contribution in [3.05, 3.63) is 98.5 Å². The van der Waals surface area contributed by atoms with Crippen LogP contribution < -0.4 is 9.47 Å². The lowest BCUT2D eigenvalue weighted by atomic mass is 10.0. The summed E-state index contributed by atoms with van der Waals surface area (Å²) in [6.45, 7) is 1.49. The fraction of sp³-hybridized carbons (Fsp3) is 0.125. The van der Waals surface area contributed by atoms with Crippen LogP contribution >= 0.6 is 23.2 Å². The highest BCUT2D eigenvalue weighted by molar-refractivity contribution is 6.37. The third kappa shape index (κ3) is 3.81. The summed E-state index contributed by atoms with van der Waals surface area (Å²) in [7, 11) is 0. The van der Waals surface area contributed by atoms with Crippen molar-refractivity contribution in [2.45, 2.75) is 13.1 Å². The molecular weight excluding hydrogens is 440 g/mol. The van der Waals surface area contributed by atoms with E-state index in [1.54, 1.807) is 48.5 Å². The van der Waals surface area contributed by atoms with Gasteiger partial charge < -0.3 is 9.47 Å². The first-order valence-corrected chi connectivity index (χ1v) is 10.4. The Hall–Kier alpha value is -2.86. The number of ether oxygens (including phenoxy) is 2. The van der Waals surface area contributed by atoms with E-state index in [1.807, 2.05) is 0 Å². The molecule has 0 bridgehead atoms. The fourth-order valence-electron chi connectivity index (χ4n) is 3.73. The number of fused-ring (bicyclic) bond motifs is 3. The van der Waals surface area contributed by atoms with E-state index >= 15 is 0 Å². The van der Waals surface area contributed by atoms with Gasteiger partial charge in [-0.05, 0) is 48.0 Å². The quantitative estimate of drug-likeness (QED) is 0.447. The number of carbonyl (C=O) groups is 1. The minimum atomic E-state index is -0.272. The SMILES string of the molecule is O=C1/C(=C/c2c(Cl)cccc2Cl)Oc2c1ccc1c2CN(Cc2ccc(F)cc2)CO1. The molecule has 0 saturated carbocycles. The Morgan fingerprint density at radius 1 is 1.03 bits per heavy atom. The van der Waals surface area contributed by atoms with Crippen LogP contribution in [-0.2, 0) is 13.1 Å². The summed E-state index contributed by atoms with van der Waals surface area (Å²) in [5.74, 6) is 0.824. The zero-order chi connectivity index (χ0) is 21.5. The van der Waals surface area contributed by atoms with E-state index in [1.165, 1.54) is 12.1 Å². The van der Waals surface area contributed by atoms with E-state index < -0.39 is 0 Å². The molecule has 0 aromatic heterocycles. The molecule has 0 amide bonds. The van der Waals surface area contributed by atoms with Gasteiger partial charge in [-0.15, -0.1) is 0 Å². The van der Waals surface area contributed by atoms with Gasteiger partial charge in [-0.1, -0.05) is 41.4 Å². The van der Waals surface area contributed by atoms with E-state index in [2.05, 4.69) is 4.90 Å². The van der Waals surface area contributed by atoms with Crippen LogP contribution in [-0.4, -0.2) is 17.4 Å². The molecule has 5 rings (SSSR count). The summed E-state index contributed by atoms with van der Waals surface area (Å²) in [5, 5.41) is 0.867. The van der Waals surface area contributed by atoms with E-state index in [9.17, 15) is 9.18 Å². The maximum absolute atomic E-state index is 13.2. The van der Waals surface area contributed by atoms with Crippen molar-refractivity contribution in [3.8, 4) is 11.5 Å². The van der Waals surface area contributed by atoms with Crippen LogP contribution in [0.3, 0.4) is 0 Å². The van der Waals surface area contributed by atoms with Gasteiger partial charge in [0.05, 0.1) is 11.1 Å². The van der Waals surface area contributed by atoms with Gasteiger partial charge in [-0.2, -0.15) is 0 Å². The Morgan fingerprint density at radius 2 is 1.77 bits per heavy atom. The molecule has 0 aliphatic carbocycles. The van der Waals surface area contributed by atoms with Crippen LogP contribution in [0.2, 0.25) is 10.0 Å². The van der Waals surface area contributed by atoms with Crippen LogP contribution in [0, 0.1) is 5.82 Å². The summed E-state index contributed by atoms with van der Waals surface area (Å²) in [5.41, 5.74) is 2.77. The summed E-state index contributed by atoms with van der Waals surface area (Å²) >= 11 is 12.5. The van der Waals surface area contributed by atoms with Gasteiger partial charge in [0.25, 0.3) is 0 Å². The minimum Gasteiger partial charge on any atom is -0.478 e. The summed E-state index contributed by atoms with van der Waals surface area (Å²) in [4.78, 5) is 15.0. The third-order valence-corrected chi connectivity index (χ3v) is 5.94. The van der Waals surface area contributed by atoms with Gasteiger partial charge in [0.2, 0.25) is 5.78 Å². The molecule has 0 atom stereocenters. The number of hydrogen-bond acceptors (Lipinski definition) is 4. The molecule has 0 spiro atoms. The molecule has 4 nitrogen and oxygen atoms in total. The molecule has 3 aromatic carbocycles. The zero-order valence-electron chi connectivity index (χ0n) is 16.2. The van der Waals surface area contributed by atoms with Gasteiger partial charge in [-0.25, -0.2) is 4.39 Å². The van der Waals surface area contributed by atoms with Crippen molar-refractivity contribution in [2.75, 3.05) is 6.73 Å². The first-order valence-electron chi connectivity index (χ1n) is 9.63. The van der Waals surface area contributed by atoms with E-state index in [0.29, 0.717) is 52.5 Å². The summed E-state index contributed by atoms with van der Waals surface area (Å²) in [6.07, 6.45) is 1.57. The highest BCUT2D eigenvalue weighted by Crippen LogP contribution is 2.42. The predicted octanol–water partition coefficient (Wildman–Crippen LogP) is 6.10. The van der Waals surface area contributed by atoms with Gasteiger partial charge in [0.1, 0.15) is 24.0 Å². The van der Waals surface area contributed by atoms with Crippen molar-refractivity contribution in [3.63, 3.8) is 0 Å². The summed E-state index contributed by atoms with van der Waals surface area (Å²) < 4.78 is 25.1. The molecule has 2 aliphatic heterocycles. The topological polar surface area (TPSA) is 38.8 Å². The van der Waals surface area contributed by atoms with Crippen LogP contribution in [0.15, 0.2) is 60.4 Å². The molecule has 156 valence electrons. The second-order valence-electron chi connectivity index (χ2n) is 7.38. The maximum Gasteiger partial charge on any atom is 0.231 e. The Labute approximate surface area is 188 Å². The van der Waals surface area contributed by atoms with Crippen LogP contribution in [0.25, 0.3) is 6.08 Å². The lowest BCUT2D eigenvalue weighted by Crippen LogP contribution is -2.31. The number of benzene rings is 3. The van der Waals surface area contributed by atoms with Gasteiger partial charge >= 0.3 is 0 Å². The normalized spacial score (nSPS) is 16.6. The van der Waals surface area contributed by atoms with Crippen molar-refractivity contribution in [1.29, 1.82) is 0 Å². The van der Waals surface area contributed by atoms with Crippen molar-refractivity contribution in [2.24, 2.45) is 0 Å². The molecule has 0 unspecified atom stereocenters. The van der Waals surface area contributed by atoms with Gasteiger partial charge in [-0.3, -0.25) is 9.69 Å². The standard InChI is InChI=1S/C24H16Cl2FNO3/c25-19-2-1-3-20(26)17(19)10-22-23(29)16-8-9-21-18(24(16)31-22)12-28(13-30-21)11-14-4-6-15(27)7-5-14/h1-10H,11-13H2/b22-10-. The van der Waals surface area contributed by atoms with E-state index in [-0.39, 0.29) is 17.4 Å². The molecule has 2 heterocycles. The van der Waals surface area contributed by atoms with E-state index in [4.69, 9.17) is 32.7 Å². The Balaban J connectivity index is 1.44. The fourth-order valence-corrected chi connectivity index (χ4v) is 4.24. The van der Waals surface area contributed by atoms with Crippen LogP contribution in [0.5, 0.6) is 11.5 Å². The highest BCUT2D eigenvalue weighted by atomic mass is 35.5. The van der Waals surface area contributed by atoms with Crippen molar-refractivity contribution in [1.82, 2.24) is 4.90 Å². The van der Waals surface area contributed by atoms with Gasteiger partial charge in [0, 0.05) is 28.7 Å². The number of ketones is 1. The molecule has 0 fully saturated rings. The first kappa shape index (κ1) is 20.1.